The first-order chi connectivity index (χ1) is 42.4. The van der Waals surface area contributed by atoms with Gasteiger partial charge in [-0.1, -0.05) is 108 Å². The van der Waals surface area contributed by atoms with Crippen molar-refractivity contribution in [2.24, 2.45) is 0 Å². The number of para-hydroxylation sites is 1. The molecule has 0 spiro atoms. The number of rotatable bonds is 25. The standard InChI is InChI=1S/C66H57Cl2IN4O13S2/c1-38-16-27-50(28-17-38)88(77,78)84-36-49(35-83-66(42-12-8-7-9-13-42,43-18-23-47(79-4)24-19-43)44-20-25-48(80-5)26-21-44)85-60-58(67)39(2)55(40(3)59(60)68)56-57-63(71-37-72-64(57)87-61(56)69)86-54(65(75)76)33-41-32-46(74)22-29-52(41)82-34-45-30-31-70-62(73-45)51-14-10-11-15-53(51)81-6/h7-32,37,49,54,74H,33-36H2,1-6H3,(H,75,76)/t49-,54-/m1/s1. The molecule has 17 nitrogen and oxygen atoms in total. The van der Waals surface area contributed by atoms with Crippen LogP contribution in [0.25, 0.3) is 32.7 Å². The van der Waals surface area contributed by atoms with Crippen LogP contribution in [0.5, 0.6) is 40.4 Å². The number of aromatic hydroxyl groups is 1. The lowest BCUT2D eigenvalue weighted by molar-refractivity contribution is -0.145. The van der Waals surface area contributed by atoms with Gasteiger partial charge in [0.25, 0.3) is 10.1 Å². The number of fused-ring (bicyclic) bond motifs is 1. The van der Waals surface area contributed by atoms with Crippen LogP contribution in [0.2, 0.25) is 10.0 Å². The smallest absolute Gasteiger partial charge is 0.345 e. The van der Waals surface area contributed by atoms with Gasteiger partial charge in [0.15, 0.2) is 11.6 Å². The van der Waals surface area contributed by atoms with Gasteiger partial charge in [0.05, 0.1) is 62.4 Å². The Morgan fingerprint density at radius 3 is 1.98 bits per heavy atom. The first-order valence-electron chi connectivity index (χ1n) is 27.2. The number of aromatic nitrogens is 4. The maximum Gasteiger partial charge on any atom is 0.345 e. The minimum Gasteiger partial charge on any atom is -0.508 e. The number of carbonyl (C=O) groups is 1. The highest BCUT2D eigenvalue weighted by atomic mass is 127. The molecule has 0 aliphatic heterocycles. The van der Waals surface area contributed by atoms with Crippen LogP contribution in [0.3, 0.4) is 0 Å². The van der Waals surface area contributed by atoms with Gasteiger partial charge in [-0.05, 0) is 150 Å². The quantitative estimate of drug-likeness (QED) is 0.0309. The van der Waals surface area contributed by atoms with E-state index in [1.807, 2.05) is 110 Å². The Hall–Kier alpha value is -8.09. The highest BCUT2D eigenvalue weighted by Crippen LogP contribution is 2.51. The van der Waals surface area contributed by atoms with E-state index in [0.29, 0.717) is 83.5 Å². The Labute approximate surface area is 536 Å². The number of nitrogens with zero attached hydrogens (tertiary/aromatic N) is 4. The maximum atomic E-state index is 14.0. The van der Waals surface area contributed by atoms with E-state index in [4.69, 9.17) is 60.5 Å². The second-order valence-corrected chi connectivity index (χ2v) is 25.3. The fourth-order valence-corrected chi connectivity index (χ4v) is 13.6. The zero-order valence-corrected chi connectivity index (χ0v) is 53.5. The summed E-state index contributed by atoms with van der Waals surface area (Å²) in [5.74, 6) is 1.03. The predicted molar refractivity (Wildman–Crippen MR) is 344 cm³/mol. The number of phenolic OH excluding ortho intramolecular Hbond substituents is 1. The number of aryl methyl sites for hydroxylation is 1. The second kappa shape index (κ2) is 27.5. The summed E-state index contributed by atoms with van der Waals surface area (Å²) in [5.41, 5.74) is 5.27. The van der Waals surface area contributed by atoms with Crippen LogP contribution in [0.15, 0.2) is 169 Å². The van der Waals surface area contributed by atoms with Crippen molar-refractivity contribution in [1.82, 2.24) is 19.9 Å². The van der Waals surface area contributed by atoms with Crippen molar-refractivity contribution >= 4 is 83.4 Å². The number of ether oxygens (including phenoxy) is 7. The molecule has 0 aliphatic rings. The van der Waals surface area contributed by atoms with Gasteiger partial charge >= 0.3 is 5.97 Å². The summed E-state index contributed by atoms with van der Waals surface area (Å²) in [6, 6.07) is 44.2. The van der Waals surface area contributed by atoms with Crippen LogP contribution < -0.4 is 28.4 Å². The predicted octanol–water partition coefficient (Wildman–Crippen LogP) is 14.2. The molecule has 3 aromatic heterocycles. The average Bonchev–Trinajstić information content (AvgIpc) is 1.51. The average molecular weight is 1380 g/mol. The largest absolute Gasteiger partial charge is 0.508 e. The van der Waals surface area contributed by atoms with Crippen molar-refractivity contribution < 1.29 is 60.8 Å². The van der Waals surface area contributed by atoms with Crippen LogP contribution in [0.1, 0.15) is 44.6 Å². The van der Waals surface area contributed by atoms with E-state index in [9.17, 15) is 23.4 Å². The molecular weight excluding hydrogens is 1320 g/mol. The third-order valence-electron chi connectivity index (χ3n) is 14.5. The summed E-state index contributed by atoms with van der Waals surface area (Å²) >= 11 is 18.4. The number of hydrogen-bond donors (Lipinski definition) is 2. The van der Waals surface area contributed by atoms with Gasteiger partial charge in [0.1, 0.15) is 64.8 Å². The molecule has 0 saturated carbocycles. The molecule has 0 aliphatic carbocycles. The molecule has 0 saturated heterocycles. The molecule has 7 aromatic carbocycles. The van der Waals surface area contributed by atoms with Gasteiger partial charge in [-0.2, -0.15) is 8.42 Å². The zero-order valence-electron chi connectivity index (χ0n) is 48.2. The molecule has 0 radical (unpaired) electrons. The SMILES string of the molecule is COc1ccc(C(OC[C@H](COS(=O)(=O)c2ccc(C)cc2)Oc2c(Cl)c(C)c(-c3c(I)sc4ncnc(O[C@H](Cc5cc(O)ccc5OCc5ccnc(-c6ccccc6OC)n5)C(=O)O)c34)c(C)c2Cl)(c2ccccc2)c2ccc(OC)cc2)cc1. The topological polar surface area (TPSA) is 217 Å². The fraction of sp³-hybridized carbons (Fsp3) is 0.197. The van der Waals surface area contributed by atoms with Crippen molar-refractivity contribution in [3.05, 3.63) is 222 Å². The number of halogens is 3. The monoisotopic (exact) mass is 1370 g/mol. The van der Waals surface area contributed by atoms with Crippen molar-refractivity contribution in [2.45, 2.75) is 56.5 Å². The lowest BCUT2D eigenvalue weighted by atomic mass is 9.80. The molecule has 0 amide bonds. The van der Waals surface area contributed by atoms with E-state index in [2.05, 4.69) is 42.5 Å². The van der Waals surface area contributed by atoms with E-state index in [-0.39, 0.29) is 57.7 Å². The number of carboxylic acid groups (broad SMARTS) is 1. The third kappa shape index (κ3) is 13.5. The third-order valence-corrected chi connectivity index (χ3v) is 18.8. The molecular formula is C66H57Cl2IN4O13S2. The normalized spacial score (nSPS) is 12.3. The highest BCUT2D eigenvalue weighted by Gasteiger charge is 2.40. The minimum absolute atomic E-state index is 0.0140. The van der Waals surface area contributed by atoms with Crippen LogP contribution >= 0.6 is 57.1 Å². The molecule has 452 valence electrons. The number of methoxy groups -OCH3 is 3. The minimum atomic E-state index is -4.37. The zero-order chi connectivity index (χ0) is 62.3. The van der Waals surface area contributed by atoms with E-state index >= 15 is 0 Å². The molecule has 2 N–H and O–H groups in total. The Morgan fingerprint density at radius 1 is 0.705 bits per heavy atom. The van der Waals surface area contributed by atoms with Crippen LogP contribution in [0, 0.1) is 23.7 Å². The van der Waals surface area contributed by atoms with E-state index < -0.39 is 40.5 Å². The van der Waals surface area contributed by atoms with Gasteiger partial charge < -0.3 is 43.4 Å². The molecule has 0 bridgehead atoms. The van der Waals surface area contributed by atoms with Crippen molar-refractivity contribution in [3.8, 4) is 62.9 Å². The number of phenols is 1. The molecule has 2 atom stereocenters. The van der Waals surface area contributed by atoms with Gasteiger partial charge in [-0.15, -0.1) is 11.3 Å². The van der Waals surface area contributed by atoms with Crippen molar-refractivity contribution in [1.29, 1.82) is 0 Å². The van der Waals surface area contributed by atoms with Gasteiger partial charge in [-0.25, -0.2) is 24.7 Å². The Morgan fingerprint density at radius 2 is 1.34 bits per heavy atom. The number of carboxylic acids is 1. The van der Waals surface area contributed by atoms with Crippen LogP contribution in [0.4, 0.5) is 0 Å². The number of hydrogen-bond acceptors (Lipinski definition) is 17. The molecule has 10 rings (SSSR count). The van der Waals surface area contributed by atoms with E-state index in [0.717, 1.165) is 14.0 Å². The van der Waals surface area contributed by atoms with E-state index in [1.165, 1.54) is 41.9 Å². The Kier molecular flexibility index (Phi) is 19.7. The molecule has 88 heavy (non-hydrogen) atoms. The van der Waals surface area contributed by atoms with Gasteiger partial charge in [0.2, 0.25) is 12.0 Å². The molecule has 10 aromatic rings. The number of thiophene rings is 1. The van der Waals surface area contributed by atoms with E-state index in [1.54, 1.807) is 65.6 Å². The first-order valence-corrected chi connectivity index (χ1v) is 31.3. The van der Waals surface area contributed by atoms with Crippen molar-refractivity contribution in [2.75, 3.05) is 34.5 Å². The number of benzene rings is 7. The van der Waals surface area contributed by atoms with Crippen LogP contribution in [-0.2, 0) is 42.5 Å². The maximum absolute atomic E-state index is 14.0. The summed E-state index contributed by atoms with van der Waals surface area (Å²) in [6.07, 6.45) is -0.168. The van der Waals surface area contributed by atoms with Gasteiger partial charge in [0, 0.05) is 23.7 Å². The lowest BCUT2D eigenvalue weighted by Gasteiger charge is -2.37. The Bertz CT molecular complexity index is 4180. The summed E-state index contributed by atoms with van der Waals surface area (Å²) in [4.78, 5) is 31.9. The lowest BCUT2D eigenvalue weighted by Crippen LogP contribution is -2.39. The summed E-state index contributed by atoms with van der Waals surface area (Å²) in [7, 11) is 0.358. The molecule has 0 fully saturated rings. The first kappa shape index (κ1) is 62.9. The summed E-state index contributed by atoms with van der Waals surface area (Å²) in [6.45, 7) is 4.51. The van der Waals surface area contributed by atoms with Crippen molar-refractivity contribution in [3.63, 3.8) is 0 Å². The fourth-order valence-electron chi connectivity index (χ4n) is 10.1. The number of aliphatic carboxylic acids is 1. The van der Waals surface area contributed by atoms with Crippen LogP contribution in [-0.4, -0.2) is 91.3 Å². The second-order valence-electron chi connectivity index (χ2n) is 20.1. The summed E-state index contributed by atoms with van der Waals surface area (Å²) < 4.78 is 77.8. The Balaban J connectivity index is 0.991. The molecule has 0 unspecified atom stereocenters. The molecule has 22 heteroatoms. The van der Waals surface area contributed by atoms with Gasteiger partial charge in [-0.3, -0.25) is 4.18 Å². The molecule has 3 heterocycles. The summed E-state index contributed by atoms with van der Waals surface area (Å²) in [5, 5.41) is 22.0. The highest BCUT2D eigenvalue weighted by molar-refractivity contribution is 14.1.